The molecule has 1 N–H and O–H groups in total. The van der Waals surface area contributed by atoms with Crippen LogP contribution >= 0.6 is 0 Å². The van der Waals surface area contributed by atoms with Crippen molar-refractivity contribution in [2.45, 2.75) is 57.3 Å². The number of hydrogen-bond donors (Lipinski definition) is 1. The molecule has 112 valence electrons. The Bertz CT molecular complexity index is 429. The van der Waals surface area contributed by atoms with Gasteiger partial charge in [0.15, 0.2) is 5.82 Å². The molecule has 20 heavy (non-hydrogen) atoms. The lowest BCUT2D eigenvalue weighted by atomic mass is 9.89. The van der Waals surface area contributed by atoms with Crippen molar-refractivity contribution in [3.63, 3.8) is 0 Å². The molecule has 3 rings (SSSR count). The largest absolute Gasteiger partial charge is 0.372 e. The molecule has 2 saturated heterocycles. The Kier molecular flexibility index (Phi) is 4.33. The van der Waals surface area contributed by atoms with Crippen LogP contribution in [0.4, 0.5) is 0 Å². The van der Waals surface area contributed by atoms with Gasteiger partial charge >= 0.3 is 0 Å². The fourth-order valence-corrected chi connectivity index (χ4v) is 3.00. The number of aromatic nitrogens is 2. The van der Waals surface area contributed by atoms with Crippen molar-refractivity contribution in [2.24, 2.45) is 0 Å². The molecule has 6 nitrogen and oxygen atoms in total. The third kappa shape index (κ3) is 3.19. The number of aryl methyl sites for hydroxylation is 1. The second-order valence-electron chi connectivity index (χ2n) is 5.74. The molecule has 1 aromatic heterocycles. The summed E-state index contributed by atoms with van der Waals surface area (Å²) in [7, 11) is 0. The molecule has 0 amide bonds. The number of rotatable bonds is 5. The molecule has 1 aromatic rings. The number of nitrogens with zero attached hydrogens (tertiary/aromatic N) is 2. The van der Waals surface area contributed by atoms with Gasteiger partial charge in [-0.05, 0) is 32.4 Å². The molecule has 0 aromatic carbocycles. The van der Waals surface area contributed by atoms with Crippen LogP contribution in [0.1, 0.15) is 44.3 Å². The van der Waals surface area contributed by atoms with Crippen molar-refractivity contribution in [1.82, 2.24) is 15.5 Å². The van der Waals surface area contributed by atoms with Gasteiger partial charge in [0.05, 0.1) is 18.3 Å². The summed E-state index contributed by atoms with van der Waals surface area (Å²) in [6, 6.07) is 0. The summed E-state index contributed by atoms with van der Waals surface area (Å²) in [5.74, 6) is 1.34. The van der Waals surface area contributed by atoms with Crippen LogP contribution in [-0.4, -0.2) is 41.5 Å². The van der Waals surface area contributed by atoms with Gasteiger partial charge in [0.1, 0.15) is 6.61 Å². The van der Waals surface area contributed by atoms with Gasteiger partial charge in [-0.25, -0.2) is 0 Å². The SMILES string of the molecule is CCCc1nc(COC2COC3(CCNCC3)C2)no1. The molecule has 2 aliphatic heterocycles. The van der Waals surface area contributed by atoms with Gasteiger partial charge in [-0.1, -0.05) is 12.1 Å². The van der Waals surface area contributed by atoms with E-state index in [-0.39, 0.29) is 11.7 Å². The second-order valence-corrected chi connectivity index (χ2v) is 5.74. The smallest absolute Gasteiger partial charge is 0.226 e. The van der Waals surface area contributed by atoms with Gasteiger partial charge < -0.3 is 19.3 Å². The fourth-order valence-electron chi connectivity index (χ4n) is 3.00. The van der Waals surface area contributed by atoms with E-state index in [2.05, 4.69) is 22.4 Å². The van der Waals surface area contributed by atoms with E-state index in [0.717, 1.165) is 45.2 Å². The zero-order valence-electron chi connectivity index (χ0n) is 12.1. The lowest BCUT2D eigenvalue weighted by molar-refractivity contribution is -0.0243. The number of hydrogen-bond acceptors (Lipinski definition) is 6. The molecule has 2 aliphatic rings. The highest BCUT2D eigenvalue weighted by Gasteiger charge is 2.41. The summed E-state index contributed by atoms with van der Waals surface area (Å²) >= 11 is 0. The van der Waals surface area contributed by atoms with Crippen molar-refractivity contribution in [3.8, 4) is 0 Å². The Balaban J connectivity index is 1.47. The maximum Gasteiger partial charge on any atom is 0.226 e. The lowest BCUT2D eigenvalue weighted by Gasteiger charge is -2.32. The summed E-state index contributed by atoms with van der Waals surface area (Å²) in [4.78, 5) is 4.31. The molecule has 0 radical (unpaired) electrons. The molecule has 1 atom stereocenters. The normalized spacial score (nSPS) is 25.4. The van der Waals surface area contributed by atoms with Gasteiger partial charge in [0, 0.05) is 12.8 Å². The molecule has 2 fully saturated rings. The quantitative estimate of drug-likeness (QED) is 0.881. The molecule has 1 spiro atoms. The monoisotopic (exact) mass is 281 g/mol. The van der Waals surface area contributed by atoms with E-state index in [1.54, 1.807) is 0 Å². The minimum atomic E-state index is 0.0422. The zero-order valence-corrected chi connectivity index (χ0v) is 12.1. The lowest BCUT2D eigenvalue weighted by Crippen LogP contribution is -2.41. The first-order valence-electron chi connectivity index (χ1n) is 7.57. The first-order chi connectivity index (χ1) is 9.80. The standard InChI is InChI=1S/C14H23N3O3/c1-2-3-13-16-12(17-20-13)10-18-11-8-14(19-9-11)4-6-15-7-5-14/h11,15H,2-10H2,1H3. The first kappa shape index (κ1) is 14.0. The molecular formula is C14H23N3O3. The molecule has 6 heteroatoms. The minimum Gasteiger partial charge on any atom is -0.372 e. The third-order valence-electron chi connectivity index (χ3n) is 4.11. The van der Waals surface area contributed by atoms with Crippen molar-refractivity contribution < 1.29 is 14.0 Å². The molecule has 0 saturated carbocycles. The third-order valence-corrected chi connectivity index (χ3v) is 4.11. The topological polar surface area (TPSA) is 69.4 Å². The van der Waals surface area contributed by atoms with E-state index in [1.807, 2.05) is 0 Å². The fraction of sp³-hybridized carbons (Fsp3) is 0.857. The number of piperidine rings is 1. The van der Waals surface area contributed by atoms with Crippen LogP contribution in [0.15, 0.2) is 4.52 Å². The highest BCUT2D eigenvalue weighted by Crippen LogP contribution is 2.35. The van der Waals surface area contributed by atoms with Crippen LogP contribution in [0.2, 0.25) is 0 Å². The van der Waals surface area contributed by atoms with Crippen LogP contribution in [0.25, 0.3) is 0 Å². The summed E-state index contributed by atoms with van der Waals surface area (Å²) in [6.45, 7) is 5.26. The van der Waals surface area contributed by atoms with Crippen molar-refractivity contribution in [2.75, 3.05) is 19.7 Å². The van der Waals surface area contributed by atoms with E-state index in [9.17, 15) is 0 Å². The van der Waals surface area contributed by atoms with Gasteiger partial charge in [-0.15, -0.1) is 0 Å². The van der Waals surface area contributed by atoms with Crippen LogP contribution in [0.5, 0.6) is 0 Å². The van der Waals surface area contributed by atoms with E-state index in [1.165, 1.54) is 0 Å². The number of ether oxygens (including phenoxy) is 2. The van der Waals surface area contributed by atoms with Crippen LogP contribution in [0.3, 0.4) is 0 Å². The Labute approximate surface area is 119 Å². The summed E-state index contributed by atoms with van der Waals surface area (Å²) in [5, 5.41) is 7.31. The van der Waals surface area contributed by atoms with Gasteiger partial charge in [-0.2, -0.15) is 4.98 Å². The molecule has 0 aliphatic carbocycles. The van der Waals surface area contributed by atoms with Crippen molar-refractivity contribution in [3.05, 3.63) is 11.7 Å². The second kappa shape index (κ2) is 6.20. The average Bonchev–Trinajstić information content (AvgIpc) is 3.06. The highest BCUT2D eigenvalue weighted by atomic mass is 16.6. The van der Waals surface area contributed by atoms with Gasteiger partial charge in [0.25, 0.3) is 0 Å². The number of nitrogens with one attached hydrogen (secondary N) is 1. The molecule has 0 bridgehead atoms. The van der Waals surface area contributed by atoms with Crippen LogP contribution in [-0.2, 0) is 22.5 Å². The summed E-state index contributed by atoms with van der Waals surface area (Å²) < 4.78 is 17.0. The maximum atomic E-state index is 6.00. The van der Waals surface area contributed by atoms with Crippen LogP contribution in [0, 0.1) is 0 Å². The summed E-state index contributed by atoms with van der Waals surface area (Å²) in [6.07, 6.45) is 5.13. The highest BCUT2D eigenvalue weighted by molar-refractivity contribution is 4.94. The molecule has 1 unspecified atom stereocenters. The maximum absolute atomic E-state index is 6.00. The Hall–Kier alpha value is -0.980. The van der Waals surface area contributed by atoms with Crippen molar-refractivity contribution >= 4 is 0 Å². The Morgan fingerprint density at radius 3 is 3.05 bits per heavy atom. The average molecular weight is 281 g/mol. The van der Waals surface area contributed by atoms with E-state index in [0.29, 0.717) is 24.9 Å². The summed E-state index contributed by atoms with van der Waals surface area (Å²) in [5.41, 5.74) is 0.0422. The molecular weight excluding hydrogens is 258 g/mol. The molecule has 3 heterocycles. The van der Waals surface area contributed by atoms with E-state index >= 15 is 0 Å². The van der Waals surface area contributed by atoms with E-state index < -0.39 is 0 Å². The predicted octanol–water partition coefficient (Wildman–Crippen LogP) is 1.45. The first-order valence-corrected chi connectivity index (χ1v) is 7.57. The van der Waals surface area contributed by atoms with Crippen LogP contribution < -0.4 is 5.32 Å². The Morgan fingerprint density at radius 2 is 2.25 bits per heavy atom. The van der Waals surface area contributed by atoms with E-state index in [4.69, 9.17) is 14.0 Å². The van der Waals surface area contributed by atoms with Gasteiger partial charge in [0.2, 0.25) is 5.89 Å². The van der Waals surface area contributed by atoms with Gasteiger partial charge in [-0.3, -0.25) is 0 Å². The predicted molar refractivity (Wildman–Crippen MR) is 72.3 cm³/mol. The minimum absolute atomic E-state index is 0.0422. The van der Waals surface area contributed by atoms with Crippen molar-refractivity contribution in [1.29, 1.82) is 0 Å². The zero-order chi connectivity index (χ0) is 13.8. The Morgan fingerprint density at radius 1 is 1.40 bits per heavy atom.